The quantitative estimate of drug-likeness (QED) is 0.757. The highest BCUT2D eigenvalue weighted by molar-refractivity contribution is 8.00. The van der Waals surface area contributed by atoms with Gasteiger partial charge in [0.25, 0.3) is 0 Å². The van der Waals surface area contributed by atoms with E-state index >= 15 is 0 Å². The lowest BCUT2D eigenvalue weighted by Crippen LogP contribution is -2.50. The molecule has 0 saturated carbocycles. The van der Waals surface area contributed by atoms with E-state index in [2.05, 4.69) is 0 Å². The van der Waals surface area contributed by atoms with Gasteiger partial charge in [0.1, 0.15) is 6.04 Å². The fourth-order valence-electron chi connectivity index (χ4n) is 1.91. The zero-order valence-corrected chi connectivity index (χ0v) is 12.7. The van der Waals surface area contributed by atoms with E-state index in [4.69, 9.17) is 9.84 Å². The smallest absolute Gasteiger partial charge is 0.327 e. The molecule has 0 aromatic heterocycles. The number of esters is 1. The van der Waals surface area contributed by atoms with Crippen molar-refractivity contribution in [1.29, 1.82) is 0 Å². The van der Waals surface area contributed by atoms with Crippen molar-refractivity contribution in [2.45, 2.75) is 31.7 Å². The van der Waals surface area contributed by atoms with E-state index in [1.54, 1.807) is 20.9 Å². The minimum atomic E-state index is -1.01. The second-order valence-corrected chi connectivity index (χ2v) is 5.80. The number of carboxylic acid groups (broad SMARTS) is 1. The summed E-state index contributed by atoms with van der Waals surface area (Å²) in [6.07, 6.45) is 0.100. The number of ether oxygens (including phenoxy) is 1. The van der Waals surface area contributed by atoms with Gasteiger partial charge in [0.2, 0.25) is 0 Å². The molecule has 2 atom stereocenters. The van der Waals surface area contributed by atoms with E-state index in [1.807, 2.05) is 0 Å². The maximum atomic E-state index is 12.3. The molecule has 0 bridgehead atoms. The first-order valence-corrected chi connectivity index (χ1v) is 7.46. The lowest BCUT2D eigenvalue weighted by atomic mass is 10.3. The van der Waals surface area contributed by atoms with Crippen molar-refractivity contribution < 1.29 is 24.2 Å². The Bertz CT molecular complexity index is 390. The van der Waals surface area contributed by atoms with Gasteiger partial charge in [-0.05, 0) is 13.8 Å². The second-order valence-electron chi connectivity index (χ2n) is 4.45. The third-order valence-electron chi connectivity index (χ3n) is 3.01. The standard InChI is InChI=1S/C12H20N2O5S/c1-4-19-10(15)5-6-13(3)12(18)14-8(2)20-7-9(14)11(16)17/h8-9H,4-7H2,1-3H3,(H,16,17). The summed E-state index contributed by atoms with van der Waals surface area (Å²) in [6.45, 7) is 4.02. The lowest BCUT2D eigenvalue weighted by molar-refractivity contribution is -0.144. The molecule has 1 saturated heterocycles. The molecular weight excluding hydrogens is 284 g/mol. The number of hydrogen-bond donors (Lipinski definition) is 1. The summed E-state index contributed by atoms with van der Waals surface area (Å²) < 4.78 is 4.79. The van der Waals surface area contributed by atoms with Crippen molar-refractivity contribution in [2.75, 3.05) is 26.0 Å². The van der Waals surface area contributed by atoms with Crippen LogP contribution in [0, 0.1) is 0 Å². The van der Waals surface area contributed by atoms with Gasteiger partial charge in [-0.1, -0.05) is 0 Å². The van der Waals surface area contributed by atoms with Crippen LogP contribution < -0.4 is 0 Å². The Kier molecular flexibility index (Phi) is 6.12. The van der Waals surface area contributed by atoms with E-state index in [-0.39, 0.29) is 30.3 Å². The maximum Gasteiger partial charge on any atom is 0.327 e. The van der Waals surface area contributed by atoms with Crippen LogP contribution in [-0.2, 0) is 14.3 Å². The molecule has 0 spiro atoms. The molecule has 0 radical (unpaired) electrons. The number of aliphatic carboxylic acids is 1. The number of carbonyl (C=O) groups is 3. The molecule has 7 nitrogen and oxygen atoms in total. The summed E-state index contributed by atoms with van der Waals surface area (Å²) in [5.41, 5.74) is 0. The van der Waals surface area contributed by atoms with Crippen LogP contribution in [0.5, 0.6) is 0 Å². The largest absolute Gasteiger partial charge is 0.480 e. The Morgan fingerprint density at radius 2 is 2.10 bits per heavy atom. The van der Waals surface area contributed by atoms with Gasteiger partial charge in [-0.3, -0.25) is 9.69 Å². The van der Waals surface area contributed by atoms with E-state index in [1.165, 1.54) is 21.6 Å². The highest BCUT2D eigenvalue weighted by Crippen LogP contribution is 2.29. The molecule has 0 aliphatic carbocycles. The normalized spacial score (nSPS) is 21.6. The molecular formula is C12H20N2O5S. The van der Waals surface area contributed by atoms with Crippen LogP contribution in [0.3, 0.4) is 0 Å². The van der Waals surface area contributed by atoms with Gasteiger partial charge in [0.05, 0.1) is 18.4 Å². The summed E-state index contributed by atoms with van der Waals surface area (Å²) in [5, 5.41) is 8.93. The summed E-state index contributed by atoms with van der Waals surface area (Å²) in [6, 6.07) is -1.19. The van der Waals surface area contributed by atoms with Crippen LogP contribution in [0.25, 0.3) is 0 Å². The van der Waals surface area contributed by atoms with E-state index < -0.39 is 12.0 Å². The van der Waals surface area contributed by atoms with Gasteiger partial charge < -0.3 is 14.7 Å². The minimum absolute atomic E-state index is 0.100. The summed E-state index contributed by atoms with van der Waals surface area (Å²) in [7, 11) is 1.55. The molecule has 1 aliphatic heterocycles. The number of carboxylic acids is 1. The predicted octanol–water partition coefficient (Wildman–Crippen LogP) is 0.839. The molecule has 1 heterocycles. The first kappa shape index (κ1) is 16.6. The summed E-state index contributed by atoms with van der Waals surface area (Å²) in [4.78, 5) is 37.4. The summed E-state index contributed by atoms with van der Waals surface area (Å²) >= 11 is 1.43. The van der Waals surface area contributed by atoms with Crippen molar-refractivity contribution in [3.05, 3.63) is 0 Å². The van der Waals surface area contributed by atoms with E-state index in [0.29, 0.717) is 12.4 Å². The Hall–Kier alpha value is -1.44. The monoisotopic (exact) mass is 304 g/mol. The second kappa shape index (κ2) is 7.37. The Morgan fingerprint density at radius 1 is 1.45 bits per heavy atom. The Morgan fingerprint density at radius 3 is 2.65 bits per heavy atom. The van der Waals surface area contributed by atoms with Crippen molar-refractivity contribution in [2.24, 2.45) is 0 Å². The van der Waals surface area contributed by atoms with E-state index in [0.717, 1.165) is 0 Å². The first-order chi connectivity index (χ1) is 9.38. The van der Waals surface area contributed by atoms with E-state index in [9.17, 15) is 14.4 Å². The van der Waals surface area contributed by atoms with Crippen molar-refractivity contribution >= 4 is 29.7 Å². The zero-order valence-electron chi connectivity index (χ0n) is 11.9. The fourth-order valence-corrected chi connectivity index (χ4v) is 3.07. The highest BCUT2D eigenvalue weighted by Gasteiger charge is 2.40. The molecule has 1 rings (SSSR count). The third kappa shape index (κ3) is 4.03. The van der Waals surface area contributed by atoms with Gasteiger partial charge in [-0.25, -0.2) is 9.59 Å². The van der Waals surface area contributed by atoms with Gasteiger partial charge in [-0.2, -0.15) is 0 Å². The molecule has 1 aliphatic rings. The Labute approximate surface area is 122 Å². The molecule has 2 unspecified atom stereocenters. The lowest BCUT2D eigenvalue weighted by Gasteiger charge is -2.29. The average Bonchev–Trinajstić information content (AvgIpc) is 2.77. The van der Waals surface area contributed by atoms with Gasteiger partial charge in [0.15, 0.2) is 0 Å². The molecule has 0 aromatic rings. The van der Waals surface area contributed by atoms with Crippen molar-refractivity contribution in [1.82, 2.24) is 9.80 Å². The van der Waals surface area contributed by atoms with Crippen LogP contribution in [-0.4, -0.2) is 70.2 Å². The van der Waals surface area contributed by atoms with Gasteiger partial charge in [-0.15, -0.1) is 11.8 Å². The van der Waals surface area contributed by atoms with Crippen molar-refractivity contribution in [3.63, 3.8) is 0 Å². The SMILES string of the molecule is CCOC(=O)CCN(C)C(=O)N1C(C)SCC1C(=O)O. The number of thioether (sulfide) groups is 1. The molecule has 8 heteroatoms. The van der Waals surface area contributed by atoms with Crippen LogP contribution in [0.2, 0.25) is 0 Å². The number of carbonyl (C=O) groups excluding carboxylic acids is 2. The molecule has 20 heavy (non-hydrogen) atoms. The molecule has 1 fully saturated rings. The van der Waals surface area contributed by atoms with Crippen molar-refractivity contribution in [3.8, 4) is 0 Å². The molecule has 0 aromatic carbocycles. The van der Waals surface area contributed by atoms with Gasteiger partial charge in [0, 0.05) is 19.3 Å². The number of hydrogen-bond acceptors (Lipinski definition) is 5. The van der Waals surface area contributed by atoms with Crippen LogP contribution >= 0.6 is 11.8 Å². The zero-order chi connectivity index (χ0) is 15.3. The minimum Gasteiger partial charge on any atom is -0.480 e. The van der Waals surface area contributed by atoms with Crippen LogP contribution in [0.15, 0.2) is 0 Å². The third-order valence-corrected chi connectivity index (χ3v) is 4.23. The number of urea groups is 1. The average molecular weight is 304 g/mol. The first-order valence-electron chi connectivity index (χ1n) is 6.42. The molecule has 2 amide bonds. The van der Waals surface area contributed by atoms with Crippen LogP contribution in [0.1, 0.15) is 20.3 Å². The number of rotatable bonds is 5. The number of amides is 2. The van der Waals surface area contributed by atoms with Gasteiger partial charge >= 0.3 is 18.0 Å². The fraction of sp³-hybridized carbons (Fsp3) is 0.750. The summed E-state index contributed by atoms with van der Waals surface area (Å²) in [5.74, 6) is -0.992. The molecule has 114 valence electrons. The topological polar surface area (TPSA) is 87.2 Å². The highest BCUT2D eigenvalue weighted by atomic mass is 32.2. The Balaban J connectivity index is 2.58. The predicted molar refractivity (Wildman–Crippen MR) is 74.5 cm³/mol. The molecule has 1 N–H and O–H groups in total. The number of nitrogens with zero attached hydrogens (tertiary/aromatic N) is 2. The van der Waals surface area contributed by atoms with Crippen LogP contribution in [0.4, 0.5) is 4.79 Å². The maximum absolute atomic E-state index is 12.3.